The molecule has 0 unspecified atom stereocenters. The first kappa shape index (κ1) is 14.8. The number of rotatable bonds is 5. The van der Waals surface area contributed by atoms with Gasteiger partial charge in [0.05, 0.1) is 33.1 Å². The zero-order valence-corrected chi connectivity index (χ0v) is 14.7. The van der Waals surface area contributed by atoms with E-state index in [2.05, 4.69) is 26.2 Å². The van der Waals surface area contributed by atoms with Gasteiger partial charge < -0.3 is 4.42 Å². The van der Waals surface area contributed by atoms with Crippen LogP contribution < -0.4 is 0 Å². The third-order valence-electron chi connectivity index (χ3n) is 3.10. The molecule has 116 valence electrons. The number of nitrogens with zero attached hydrogens (tertiary/aromatic N) is 4. The second-order valence-electron chi connectivity index (χ2n) is 4.86. The highest BCUT2D eigenvalue weighted by Crippen LogP contribution is 2.28. The van der Waals surface area contributed by atoms with Crippen molar-refractivity contribution in [3.05, 3.63) is 51.2 Å². The van der Waals surface area contributed by atoms with Crippen LogP contribution in [0.5, 0.6) is 0 Å². The minimum absolute atomic E-state index is 0.575. The summed E-state index contributed by atoms with van der Waals surface area (Å²) in [6.07, 6.45) is 0.582. The van der Waals surface area contributed by atoms with Crippen LogP contribution in [0.1, 0.15) is 21.6 Å². The molecule has 0 aliphatic heterocycles. The normalized spacial score (nSPS) is 11.3. The topological polar surface area (TPSA) is 64.7 Å². The summed E-state index contributed by atoms with van der Waals surface area (Å²) < 4.78 is 6.88. The van der Waals surface area contributed by atoms with Gasteiger partial charge in [-0.15, -0.1) is 32.9 Å². The molecular weight excluding hydrogens is 348 g/mol. The Hall–Kier alpha value is -1.77. The van der Waals surface area contributed by atoms with Gasteiger partial charge >= 0.3 is 0 Å². The SMILES string of the molecule is Cc1nc(Cc2nnc(SCc3nc4ccccc4s3)o2)cs1. The molecule has 4 aromatic rings. The van der Waals surface area contributed by atoms with Crippen molar-refractivity contribution in [2.24, 2.45) is 0 Å². The molecule has 4 rings (SSSR count). The van der Waals surface area contributed by atoms with Crippen LogP contribution in [-0.4, -0.2) is 20.2 Å². The zero-order valence-electron chi connectivity index (χ0n) is 12.2. The summed E-state index contributed by atoms with van der Waals surface area (Å²) in [6, 6.07) is 8.15. The average Bonchev–Trinajstić information content (AvgIpc) is 3.25. The van der Waals surface area contributed by atoms with Crippen molar-refractivity contribution < 1.29 is 4.42 Å². The molecule has 5 nitrogen and oxygen atoms in total. The van der Waals surface area contributed by atoms with E-state index in [1.165, 1.54) is 16.5 Å². The van der Waals surface area contributed by atoms with Crippen LogP contribution in [0.15, 0.2) is 39.3 Å². The highest BCUT2D eigenvalue weighted by atomic mass is 32.2. The fourth-order valence-corrected chi connectivity index (χ4v) is 4.47. The molecule has 0 fully saturated rings. The zero-order chi connectivity index (χ0) is 15.6. The highest BCUT2D eigenvalue weighted by molar-refractivity contribution is 7.98. The van der Waals surface area contributed by atoms with E-state index in [0.29, 0.717) is 17.5 Å². The number of thiazole rings is 2. The lowest BCUT2D eigenvalue weighted by Gasteiger charge is -1.91. The van der Waals surface area contributed by atoms with Crippen LogP contribution in [0.3, 0.4) is 0 Å². The summed E-state index contributed by atoms with van der Waals surface area (Å²) in [5, 5.41) is 12.9. The van der Waals surface area contributed by atoms with Gasteiger partial charge in [-0.25, -0.2) is 9.97 Å². The van der Waals surface area contributed by atoms with Gasteiger partial charge in [0, 0.05) is 5.38 Å². The minimum Gasteiger partial charge on any atom is -0.416 e. The first-order chi connectivity index (χ1) is 11.3. The molecule has 0 atom stereocenters. The van der Waals surface area contributed by atoms with E-state index in [1.807, 2.05) is 30.5 Å². The third kappa shape index (κ3) is 3.44. The van der Waals surface area contributed by atoms with Crippen molar-refractivity contribution in [2.75, 3.05) is 0 Å². The van der Waals surface area contributed by atoms with Crippen molar-refractivity contribution in [1.82, 2.24) is 20.2 Å². The van der Waals surface area contributed by atoms with E-state index >= 15 is 0 Å². The largest absolute Gasteiger partial charge is 0.416 e. The lowest BCUT2D eigenvalue weighted by Crippen LogP contribution is -1.88. The van der Waals surface area contributed by atoms with Gasteiger partial charge in [0.25, 0.3) is 5.22 Å². The quantitative estimate of drug-likeness (QED) is 0.494. The van der Waals surface area contributed by atoms with Gasteiger partial charge in [0.1, 0.15) is 5.01 Å². The van der Waals surface area contributed by atoms with E-state index < -0.39 is 0 Å². The van der Waals surface area contributed by atoms with Crippen LogP contribution in [0.25, 0.3) is 10.2 Å². The Morgan fingerprint density at radius 2 is 2.09 bits per heavy atom. The van der Waals surface area contributed by atoms with Gasteiger partial charge in [0.15, 0.2) is 0 Å². The van der Waals surface area contributed by atoms with Gasteiger partial charge in [-0.05, 0) is 19.1 Å². The maximum absolute atomic E-state index is 5.67. The number of hydrogen-bond donors (Lipinski definition) is 0. The Balaban J connectivity index is 1.41. The predicted molar refractivity (Wildman–Crippen MR) is 93.1 cm³/mol. The predicted octanol–water partition coefficient (Wildman–Crippen LogP) is 4.33. The van der Waals surface area contributed by atoms with Crippen LogP contribution in [0, 0.1) is 6.92 Å². The lowest BCUT2D eigenvalue weighted by atomic mass is 10.3. The lowest BCUT2D eigenvalue weighted by molar-refractivity contribution is 0.419. The first-order valence-electron chi connectivity index (χ1n) is 6.97. The van der Waals surface area contributed by atoms with Gasteiger partial charge in [-0.3, -0.25) is 0 Å². The molecular formula is C15H12N4OS3. The van der Waals surface area contributed by atoms with Crippen LogP contribution in [0.2, 0.25) is 0 Å². The molecule has 0 aliphatic carbocycles. The number of fused-ring (bicyclic) bond motifs is 1. The molecule has 3 heterocycles. The van der Waals surface area contributed by atoms with Crippen LogP contribution in [-0.2, 0) is 12.2 Å². The standard InChI is InChI=1S/C15H12N4OS3/c1-9-16-10(7-21-9)6-13-18-19-15(20-13)22-8-14-17-11-4-2-3-5-12(11)23-14/h2-5,7H,6,8H2,1H3. The second kappa shape index (κ2) is 6.38. The smallest absolute Gasteiger partial charge is 0.277 e. The number of aryl methyl sites for hydroxylation is 1. The summed E-state index contributed by atoms with van der Waals surface area (Å²) in [5.41, 5.74) is 2.01. The summed E-state index contributed by atoms with van der Waals surface area (Å²) in [4.78, 5) is 9.01. The summed E-state index contributed by atoms with van der Waals surface area (Å²) in [6.45, 7) is 1.99. The monoisotopic (exact) mass is 360 g/mol. The minimum atomic E-state index is 0.575. The van der Waals surface area contributed by atoms with E-state index in [4.69, 9.17) is 4.42 Å². The van der Waals surface area contributed by atoms with Gasteiger partial charge in [-0.1, -0.05) is 23.9 Å². The van der Waals surface area contributed by atoms with Crippen molar-refractivity contribution in [2.45, 2.75) is 24.3 Å². The molecule has 0 saturated heterocycles. The van der Waals surface area contributed by atoms with Crippen molar-refractivity contribution in [3.63, 3.8) is 0 Å². The average molecular weight is 360 g/mol. The molecule has 3 aromatic heterocycles. The summed E-state index contributed by atoms with van der Waals surface area (Å²) in [5.74, 6) is 1.33. The van der Waals surface area contributed by atoms with Crippen LogP contribution >= 0.6 is 34.4 Å². The Kier molecular flexibility index (Phi) is 4.11. The van der Waals surface area contributed by atoms with E-state index in [0.717, 1.165) is 27.0 Å². The molecule has 0 amide bonds. The molecule has 0 bridgehead atoms. The first-order valence-corrected chi connectivity index (χ1v) is 9.65. The number of para-hydroxylation sites is 1. The molecule has 0 aliphatic rings. The molecule has 0 saturated carbocycles. The fourth-order valence-electron chi connectivity index (χ4n) is 2.12. The molecule has 0 spiro atoms. The number of hydrogen-bond acceptors (Lipinski definition) is 8. The van der Waals surface area contributed by atoms with Gasteiger partial charge in [-0.2, -0.15) is 0 Å². The molecule has 0 radical (unpaired) electrons. The van der Waals surface area contributed by atoms with Crippen LogP contribution in [0.4, 0.5) is 0 Å². The second-order valence-corrected chi connectivity index (χ2v) is 7.96. The molecule has 1 aromatic carbocycles. The highest BCUT2D eigenvalue weighted by Gasteiger charge is 2.11. The maximum atomic E-state index is 5.67. The molecule has 8 heteroatoms. The maximum Gasteiger partial charge on any atom is 0.277 e. The summed E-state index contributed by atoms with van der Waals surface area (Å²) in [7, 11) is 0. The van der Waals surface area contributed by atoms with E-state index in [9.17, 15) is 0 Å². The fraction of sp³-hybridized carbons (Fsp3) is 0.200. The number of benzene rings is 1. The van der Waals surface area contributed by atoms with E-state index in [1.54, 1.807) is 22.7 Å². The Morgan fingerprint density at radius 1 is 1.17 bits per heavy atom. The molecule has 0 N–H and O–H groups in total. The molecule has 23 heavy (non-hydrogen) atoms. The van der Waals surface area contributed by atoms with E-state index in [-0.39, 0.29) is 0 Å². The Morgan fingerprint density at radius 3 is 2.91 bits per heavy atom. The number of thioether (sulfide) groups is 1. The summed E-state index contributed by atoms with van der Waals surface area (Å²) >= 11 is 4.84. The van der Waals surface area contributed by atoms with Crippen molar-refractivity contribution in [3.8, 4) is 0 Å². The third-order valence-corrected chi connectivity index (χ3v) is 5.98. The van der Waals surface area contributed by atoms with Crippen molar-refractivity contribution >= 4 is 44.7 Å². The Bertz CT molecular complexity index is 910. The Labute approximate surface area is 144 Å². The van der Waals surface area contributed by atoms with Crippen molar-refractivity contribution in [1.29, 1.82) is 0 Å². The van der Waals surface area contributed by atoms with Gasteiger partial charge in [0.2, 0.25) is 5.89 Å². The number of aromatic nitrogens is 4.